The van der Waals surface area contributed by atoms with E-state index in [2.05, 4.69) is 24.0 Å². The van der Waals surface area contributed by atoms with Crippen LogP contribution >= 0.6 is 0 Å². The topological polar surface area (TPSA) is 68.2 Å². The molecule has 0 aromatic heterocycles. The van der Waals surface area contributed by atoms with Gasteiger partial charge in [-0.1, -0.05) is 12.1 Å². The van der Waals surface area contributed by atoms with E-state index >= 15 is 0 Å². The quantitative estimate of drug-likeness (QED) is 0.812. The Bertz CT molecular complexity index is 627. The Morgan fingerprint density at radius 3 is 2.43 bits per heavy atom. The number of carbonyl (C=O) groups is 1. The lowest BCUT2D eigenvalue weighted by molar-refractivity contribution is -0.198. The number of ether oxygens (including phenoxy) is 3. The average molecular weight is 405 g/mol. The van der Waals surface area contributed by atoms with Gasteiger partial charge in [0.2, 0.25) is 0 Å². The Hall–Kier alpha value is -1.84. The van der Waals surface area contributed by atoms with Gasteiger partial charge in [0.05, 0.1) is 18.8 Å². The van der Waals surface area contributed by atoms with Gasteiger partial charge in [0.15, 0.2) is 0 Å². The number of benzene rings is 1. The van der Waals surface area contributed by atoms with Crippen molar-refractivity contribution < 1.29 is 37.3 Å². The summed E-state index contributed by atoms with van der Waals surface area (Å²) < 4.78 is 48.7. The summed E-state index contributed by atoms with van der Waals surface area (Å²) in [6, 6.07) is 8.31. The molecule has 0 radical (unpaired) electrons. The van der Waals surface area contributed by atoms with Crippen LogP contribution in [0.4, 0.5) is 13.2 Å². The molecule has 1 N–H and O–H groups in total. The van der Waals surface area contributed by atoms with Gasteiger partial charge in [-0.3, -0.25) is 4.90 Å². The van der Waals surface area contributed by atoms with E-state index < -0.39 is 12.1 Å². The number of rotatable bonds is 5. The number of nitrogens with zero attached hydrogens (tertiary/aromatic N) is 1. The number of hydrogen-bond acceptors (Lipinski definition) is 5. The second-order valence-corrected chi connectivity index (χ2v) is 6.90. The molecule has 1 spiro atoms. The highest BCUT2D eigenvalue weighted by Gasteiger charge is 2.47. The van der Waals surface area contributed by atoms with Crippen LogP contribution in [0.3, 0.4) is 0 Å². The molecule has 158 valence electrons. The molecule has 0 saturated carbocycles. The van der Waals surface area contributed by atoms with Gasteiger partial charge in [-0.05, 0) is 31.0 Å². The van der Waals surface area contributed by atoms with Gasteiger partial charge in [0.25, 0.3) is 0 Å². The molecule has 1 aromatic rings. The van der Waals surface area contributed by atoms with Crippen molar-refractivity contribution >= 4 is 5.97 Å². The third-order valence-corrected chi connectivity index (χ3v) is 4.68. The number of aliphatic carboxylic acids is 1. The second-order valence-electron chi connectivity index (χ2n) is 6.90. The lowest BCUT2D eigenvalue weighted by atomic mass is 9.84. The van der Waals surface area contributed by atoms with E-state index in [0.717, 1.165) is 51.4 Å². The fourth-order valence-corrected chi connectivity index (χ4v) is 3.45. The number of likely N-dealkylation sites (tertiary alicyclic amines) is 1. The van der Waals surface area contributed by atoms with Crippen LogP contribution in [0.2, 0.25) is 0 Å². The molecule has 9 heteroatoms. The zero-order valence-electron chi connectivity index (χ0n) is 16.0. The summed E-state index contributed by atoms with van der Waals surface area (Å²) >= 11 is 0. The molecule has 2 aliphatic heterocycles. The summed E-state index contributed by atoms with van der Waals surface area (Å²) in [6.45, 7) is 6.72. The summed E-state index contributed by atoms with van der Waals surface area (Å²) in [5, 5.41) is 7.12. The average Bonchev–Trinajstić information content (AvgIpc) is 2.61. The van der Waals surface area contributed by atoms with Crippen molar-refractivity contribution in [1.82, 2.24) is 4.90 Å². The zero-order valence-corrected chi connectivity index (χ0v) is 16.0. The zero-order chi connectivity index (χ0) is 20.8. The van der Waals surface area contributed by atoms with Gasteiger partial charge >= 0.3 is 12.1 Å². The molecule has 3 rings (SSSR count). The van der Waals surface area contributed by atoms with E-state index in [1.54, 1.807) is 7.11 Å². The molecule has 2 saturated heterocycles. The normalized spacial score (nSPS) is 21.4. The molecule has 28 heavy (non-hydrogen) atoms. The van der Waals surface area contributed by atoms with Gasteiger partial charge < -0.3 is 19.3 Å². The Labute approximate surface area is 162 Å². The molecule has 1 atom stereocenters. The first-order chi connectivity index (χ1) is 13.2. The van der Waals surface area contributed by atoms with Crippen LogP contribution in [0.15, 0.2) is 24.3 Å². The van der Waals surface area contributed by atoms with Crippen molar-refractivity contribution in [1.29, 1.82) is 0 Å². The Morgan fingerprint density at radius 2 is 1.93 bits per heavy atom. The molecule has 0 aliphatic carbocycles. The van der Waals surface area contributed by atoms with Crippen molar-refractivity contribution in [2.24, 2.45) is 0 Å². The Balaban J connectivity index is 0.000000345. The first-order valence-electron chi connectivity index (χ1n) is 9.08. The van der Waals surface area contributed by atoms with Crippen molar-refractivity contribution in [3.05, 3.63) is 29.8 Å². The van der Waals surface area contributed by atoms with Crippen LogP contribution in [0, 0.1) is 0 Å². The van der Waals surface area contributed by atoms with E-state index in [-0.39, 0.29) is 5.60 Å². The third kappa shape index (κ3) is 6.35. The van der Waals surface area contributed by atoms with Gasteiger partial charge in [0.1, 0.15) is 5.75 Å². The summed E-state index contributed by atoms with van der Waals surface area (Å²) in [6.07, 6.45) is -2.62. The predicted molar refractivity (Wildman–Crippen MR) is 95.3 cm³/mol. The van der Waals surface area contributed by atoms with E-state index in [9.17, 15) is 13.2 Å². The van der Waals surface area contributed by atoms with E-state index in [1.165, 1.54) is 5.56 Å². The molecule has 1 unspecified atom stereocenters. The molecule has 0 bridgehead atoms. The molecular weight excluding hydrogens is 379 g/mol. The van der Waals surface area contributed by atoms with Crippen LogP contribution in [-0.2, 0) is 20.8 Å². The molecular formula is C19H26F3NO5. The maximum Gasteiger partial charge on any atom is 0.490 e. The van der Waals surface area contributed by atoms with Gasteiger partial charge in [-0.2, -0.15) is 13.2 Å². The monoisotopic (exact) mass is 405 g/mol. The largest absolute Gasteiger partial charge is 0.497 e. The molecule has 2 fully saturated rings. The van der Waals surface area contributed by atoms with Crippen LogP contribution in [0.1, 0.15) is 25.3 Å². The van der Waals surface area contributed by atoms with E-state index in [1.807, 2.05) is 12.1 Å². The van der Waals surface area contributed by atoms with E-state index in [4.69, 9.17) is 24.1 Å². The Morgan fingerprint density at radius 1 is 1.32 bits per heavy atom. The standard InChI is InChI=1S/C17H25NO3.C2HF3O2/c1-3-20-16-8-9-21-17(10-16)12-18(13-17)11-14-4-6-15(19-2)7-5-14;3-2(4,5)1(6)7/h4-7,16H,3,8-13H2,1-2H3;(H,6,7). The minimum Gasteiger partial charge on any atom is -0.497 e. The predicted octanol–water partition coefficient (Wildman–Crippen LogP) is 3.10. The minimum absolute atomic E-state index is 0.0462. The SMILES string of the molecule is CCOC1CCOC2(C1)CN(Cc1ccc(OC)cc1)C2.O=C(O)C(F)(F)F. The van der Waals surface area contributed by atoms with Crippen molar-refractivity contribution in [3.63, 3.8) is 0 Å². The second kappa shape index (κ2) is 9.58. The van der Waals surface area contributed by atoms with Crippen LogP contribution < -0.4 is 4.74 Å². The highest BCUT2D eigenvalue weighted by Crippen LogP contribution is 2.36. The summed E-state index contributed by atoms with van der Waals surface area (Å²) in [7, 11) is 1.70. The van der Waals surface area contributed by atoms with Gasteiger partial charge in [-0.15, -0.1) is 0 Å². The van der Waals surface area contributed by atoms with Crippen molar-refractivity contribution in [2.45, 2.75) is 44.2 Å². The van der Waals surface area contributed by atoms with Gasteiger partial charge in [-0.25, -0.2) is 4.79 Å². The number of hydrogen-bond donors (Lipinski definition) is 1. The van der Waals surface area contributed by atoms with E-state index in [0.29, 0.717) is 6.10 Å². The van der Waals surface area contributed by atoms with Crippen LogP contribution in [0.5, 0.6) is 5.75 Å². The number of carboxylic acids is 1. The third-order valence-electron chi connectivity index (χ3n) is 4.68. The van der Waals surface area contributed by atoms with Crippen molar-refractivity contribution in [2.75, 3.05) is 33.4 Å². The fraction of sp³-hybridized carbons (Fsp3) is 0.632. The lowest BCUT2D eigenvalue weighted by Crippen LogP contribution is -2.65. The van der Waals surface area contributed by atoms with Crippen LogP contribution in [-0.4, -0.2) is 67.3 Å². The number of halogens is 3. The van der Waals surface area contributed by atoms with Crippen LogP contribution in [0.25, 0.3) is 0 Å². The first-order valence-corrected chi connectivity index (χ1v) is 9.08. The van der Waals surface area contributed by atoms with Gasteiger partial charge in [0, 0.05) is 39.3 Å². The smallest absolute Gasteiger partial charge is 0.490 e. The maximum absolute atomic E-state index is 10.6. The summed E-state index contributed by atoms with van der Waals surface area (Å²) in [5.41, 5.74) is 1.37. The molecule has 2 aliphatic rings. The number of alkyl halides is 3. The molecule has 0 amide bonds. The summed E-state index contributed by atoms with van der Waals surface area (Å²) in [5.74, 6) is -1.85. The maximum atomic E-state index is 10.6. The first kappa shape index (κ1) is 22.4. The number of carboxylic acid groups (broad SMARTS) is 1. The molecule has 1 aromatic carbocycles. The minimum atomic E-state index is -5.08. The highest BCUT2D eigenvalue weighted by molar-refractivity contribution is 5.73. The summed E-state index contributed by atoms with van der Waals surface area (Å²) in [4.78, 5) is 11.3. The lowest BCUT2D eigenvalue weighted by Gasteiger charge is -2.53. The Kier molecular flexibility index (Phi) is 7.68. The molecule has 6 nitrogen and oxygen atoms in total. The highest BCUT2D eigenvalue weighted by atomic mass is 19.4. The molecule has 2 heterocycles. The van der Waals surface area contributed by atoms with Crippen molar-refractivity contribution in [3.8, 4) is 5.75 Å². The number of methoxy groups -OCH3 is 1. The fourth-order valence-electron chi connectivity index (χ4n) is 3.45.